The average molecular weight is 343 g/mol. The summed E-state index contributed by atoms with van der Waals surface area (Å²) < 4.78 is 0. The fraction of sp³-hybridized carbons (Fsp3) is 0.227. The van der Waals surface area contributed by atoms with E-state index >= 15 is 0 Å². The number of aromatic amines is 1. The second-order valence-electron chi connectivity index (χ2n) is 7.11. The minimum atomic E-state index is -0.0487. The largest absolute Gasteiger partial charge is 0.377 e. The van der Waals surface area contributed by atoms with Gasteiger partial charge in [0, 0.05) is 30.1 Å². The molecule has 4 heteroatoms. The van der Waals surface area contributed by atoms with Crippen LogP contribution >= 0.6 is 0 Å². The number of amides is 1. The van der Waals surface area contributed by atoms with E-state index in [4.69, 9.17) is 0 Å². The Hall–Kier alpha value is -3.01. The van der Waals surface area contributed by atoms with E-state index in [1.807, 2.05) is 12.1 Å². The Morgan fingerprint density at radius 3 is 2.88 bits per heavy atom. The summed E-state index contributed by atoms with van der Waals surface area (Å²) in [6, 6.07) is 14.6. The molecule has 26 heavy (non-hydrogen) atoms. The molecular formula is C22H21N3O. The zero-order valence-electron chi connectivity index (χ0n) is 14.6. The summed E-state index contributed by atoms with van der Waals surface area (Å²) in [5.74, 6) is 0.753. The Bertz CT molecular complexity index is 1030. The molecule has 1 amide bonds. The summed E-state index contributed by atoms with van der Waals surface area (Å²) in [6.07, 6.45) is 7.75. The minimum absolute atomic E-state index is 0.0487. The molecule has 0 bridgehead atoms. The van der Waals surface area contributed by atoms with E-state index in [1.165, 1.54) is 16.5 Å². The molecule has 3 aromatic rings. The quantitative estimate of drug-likeness (QED) is 0.606. The third kappa shape index (κ3) is 2.11. The van der Waals surface area contributed by atoms with Crippen LogP contribution in [0.25, 0.3) is 10.9 Å². The molecule has 2 heterocycles. The maximum atomic E-state index is 12.4. The highest BCUT2D eigenvalue weighted by Crippen LogP contribution is 2.51. The molecular weight excluding hydrogens is 322 g/mol. The highest BCUT2D eigenvalue weighted by Gasteiger charge is 2.39. The van der Waals surface area contributed by atoms with Gasteiger partial charge in [-0.2, -0.15) is 0 Å². The van der Waals surface area contributed by atoms with E-state index in [9.17, 15) is 4.79 Å². The molecule has 0 radical (unpaired) electrons. The minimum Gasteiger partial charge on any atom is -0.377 e. The predicted molar refractivity (Wildman–Crippen MR) is 104 cm³/mol. The van der Waals surface area contributed by atoms with Gasteiger partial charge in [0.15, 0.2) is 0 Å². The Labute approximate surface area is 152 Å². The molecule has 130 valence electrons. The summed E-state index contributed by atoms with van der Waals surface area (Å²) in [5, 5.41) is 7.74. The number of para-hydroxylation sites is 2. The number of rotatable bonds is 2. The molecule has 3 unspecified atom stereocenters. The standard InChI is InChI=1S/C22H21N3O/c1-23-22(26)17-10-5-9-15-13-7-4-8-16(13)21(25-20(15)17)18-12-24-19-11-3-2-6-14(18)19/h2-7,9-13,16,21,24-25H,8H2,1H3,(H,23,26). The molecule has 0 fully saturated rings. The van der Waals surface area contributed by atoms with Crippen LogP contribution in [0.2, 0.25) is 0 Å². The number of benzene rings is 2. The number of allylic oxidation sites excluding steroid dienone is 2. The fourth-order valence-electron chi connectivity index (χ4n) is 4.60. The van der Waals surface area contributed by atoms with E-state index in [0.717, 1.165) is 17.6 Å². The maximum absolute atomic E-state index is 12.4. The van der Waals surface area contributed by atoms with Crippen LogP contribution in [-0.2, 0) is 0 Å². The van der Waals surface area contributed by atoms with Gasteiger partial charge in [-0.1, -0.05) is 42.5 Å². The van der Waals surface area contributed by atoms with Crippen LogP contribution < -0.4 is 10.6 Å². The van der Waals surface area contributed by atoms with E-state index in [2.05, 4.69) is 64.3 Å². The first-order chi connectivity index (χ1) is 12.8. The number of carbonyl (C=O) groups excluding carboxylic acids is 1. The molecule has 2 aromatic carbocycles. The van der Waals surface area contributed by atoms with Gasteiger partial charge in [-0.15, -0.1) is 0 Å². The van der Waals surface area contributed by atoms with Crippen molar-refractivity contribution in [1.82, 2.24) is 10.3 Å². The van der Waals surface area contributed by atoms with Crippen molar-refractivity contribution in [3.05, 3.63) is 77.5 Å². The van der Waals surface area contributed by atoms with Crippen molar-refractivity contribution in [3.8, 4) is 0 Å². The fourth-order valence-corrected chi connectivity index (χ4v) is 4.60. The topological polar surface area (TPSA) is 56.9 Å². The zero-order valence-corrected chi connectivity index (χ0v) is 14.6. The number of aromatic nitrogens is 1. The van der Waals surface area contributed by atoms with Crippen molar-refractivity contribution in [2.45, 2.75) is 18.4 Å². The molecule has 1 aromatic heterocycles. The van der Waals surface area contributed by atoms with E-state index in [1.54, 1.807) is 7.05 Å². The van der Waals surface area contributed by atoms with Crippen LogP contribution in [0.15, 0.2) is 60.8 Å². The predicted octanol–water partition coefficient (Wildman–Crippen LogP) is 4.35. The molecule has 0 saturated carbocycles. The van der Waals surface area contributed by atoms with Crippen molar-refractivity contribution >= 4 is 22.5 Å². The van der Waals surface area contributed by atoms with Crippen molar-refractivity contribution < 1.29 is 4.79 Å². The Morgan fingerprint density at radius 1 is 1.12 bits per heavy atom. The van der Waals surface area contributed by atoms with Crippen molar-refractivity contribution in [1.29, 1.82) is 0 Å². The highest BCUT2D eigenvalue weighted by molar-refractivity contribution is 6.00. The van der Waals surface area contributed by atoms with Crippen LogP contribution in [0.1, 0.15) is 39.9 Å². The Kier molecular flexibility index (Phi) is 3.38. The first-order valence-electron chi connectivity index (χ1n) is 9.12. The van der Waals surface area contributed by atoms with Crippen LogP contribution in [0.4, 0.5) is 5.69 Å². The number of hydrogen-bond acceptors (Lipinski definition) is 2. The van der Waals surface area contributed by atoms with Crippen LogP contribution in [0.3, 0.4) is 0 Å². The van der Waals surface area contributed by atoms with Gasteiger partial charge in [-0.05, 0) is 35.6 Å². The monoisotopic (exact) mass is 343 g/mol. The van der Waals surface area contributed by atoms with E-state index in [0.29, 0.717) is 17.4 Å². The molecule has 3 atom stereocenters. The van der Waals surface area contributed by atoms with Crippen molar-refractivity contribution in [3.63, 3.8) is 0 Å². The molecule has 1 aliphatic heterocycles. The molecule has 3 N–H and O–H groups in total. The average Bonchev–Trinajstić information content (AvgIpc) is 3.33. The lowest BCUT2D eigenvalue weighted by molar-refractivity contribution is 0.0963. The number of anilines is 1. The van der Waals surface area contributed by atoms with Gasteiger partial charge in [0.1, 0.15) is 0 Å². The SMILES string of the molecule is CNC(=O)c1cccc2c1NC(c1c[nH]c3ccccc13)C1CC=CC21. The third-order valence-electron chi connectivity index (χ3n) is 5.82. The second-order valence-corrected chi connectivity index (χ2v) is 7.11. The summed E-state index contributed by atoms with van der Waals surface area (Å²) in [5.41, 5.74) is 5.33. The molecule has 2 aliphatic rings. The third-order valence-corrected chi connectivity index (χ3v) is 5.82. The van der Waals surface area contributed by atoms with Gasteiger partial charge >= 0.3 is 0 Å². The lowest BCUT2D eigenvalue weighted by Crippen LogP contribution is -2.31. The maximum Gasteiger partial charge on any atom is 0.253 e. The van der Waals surface area contributed by atoms with Gasteiger partial charge in [0.05, 0.1) is 17.3 Å². The van der Waals surface area contributed by atoms with Crippen LogP contribution in [0, 0.1) is 5.92 Å². The van der Waals surface area contributed by atoms with Crippen LogP contribution in [-0.4, -0.2) is 17.9 Å². The van der Waals surface area contributed by atoms with E-state index in [-0.39, 0.29) is 11.9 Å². The number of fused-ring (bicyclic) bond motifs is 4. The lowest BCUT2D eigenvalue weighted by atomic mass is 9.76. The second kappa shape index (κ2) is 5.77. The summed E-state index contributed by atoms with van der Waals surface area (Å²) in [6.45, 7) is 0. The van der Waals surface area contributed by atoms with Crippen LogP contribution in [0.5, 0.6) is 0 Å². The molecule has 1 aliphatic carbocycles. The van der Waals surface area contributed by atoms with Crippen molar-refractivity contribution in [2.75, 3.05) is 12.4 Å². The van der Waals surface area contributed by atoms with Gasteiger partial charge in [-0.3, -0.25) is 4.79 Å². The van der Waals surface area contributed by atoms with Crippen molar-refractivity contribution in [2.24, 2.45) is 5.92 Å². The number of carbonyl (C=O) groups is 1. The summed E-state index contributed by atoms with van der Waals surface area (Å²) >= 11 is 0. The molecule has 4 nitrogen and oxygen atoms in total. The number of H-pyrrole nitrogens is 1. The number of hydrogen-bond donors (Lipinski definition) is 3. The summed E-state index contributed by atoms with van der Waals surface area (Å²) in [4.78, 5) is 15.8. The Balaban J connectivity index is 1.67. The lowest BCUT2D eigenvalue weighted by Gasteiger charge is -2.38. The molecule has 5 rings (SSSR count). The van der Waals surface area contributed by atoms with Gasteiger partial charge in [0.2, 0.25) is 0 Å². The normalized spacial score (nSPS) is 23.3. The summed E-state index contributed by atoms with van der Waals surface area (Å²) in [7, 11) is 1.68. The molecule has 0 saturated heterocycles. The Morgan fingerprint density at radius 2 is 2.00 bits per heavy atom. The number of nitrogens with one attached hydrogen (secondary N) is 3. The van der Waals surface area contributed by atoms with Gasteiger partial charge in [0.25, 0.3) is 5.91 Å². The van der Waals surface area contributed by atoms with Gasteiger partial charge < -0.3 is 15.6 Å². The van der Waals surface area contributed by atoms with E-state index < -0.39 is 0 Å². The first-order valence-corrected chi connectivity index (χ1v) is 9.12. The first kappa shape index (κ1) is 15.3. The molecule has 0 spiro atoms. The zero-order chi connectivity index (χ0) is 17.7. The van der Waals surface area contributed by atoms with Gasteiger partial charge in [-0.25, -0.2) is 0 Å². The smallest absolute Gasteiger partial charge is 0.253 e. The highest BCUT2D eigenvalue weighted by atomic mass is 16.1.